The number of urea groups is 1. The zero-order chi connectivity index (χ0) is 30.1. The number of piperidine rings is 1. The van der Waals surface area contributed by atoms with Crippen molar-refractivity contribution in [2.24, 2.45) is 0 Å². The van der Waals surface area contributed by atoms with E-state index in [0.717, 1.165) is 18.4 Å². The monoisotopic (exact) mass is 605 g/mol. The molecule has 2 aromatic carbocycles. The zero-order valence-corrected chi connectivity index (χ0v) is 24.7. The summed E-state index contributed by atoms with van der Waals surface area (Å²) in [6.07, 6.45) is 3.43. The lowest BCUT2D eigenvalue weighted by atomic mass is 9.98. The van der Waals surface area contributed by atoms with Crippen molar-refractivity contribution in [3.63, 3.8) is 0 Å². The molecule has 3 aliphatic heterocycles. The van der Waals surface area contributed by atoms with Gasteiger partial charge in [0.2, 0.25) is 11.8 Å². The van der Waals surface area contributed by atoms with Gasteiger partial charge in [0.1, 0.15) is 16.0 Å². The molecule has 43 heavy (non-hydrogen) atoms. The Morgan fingerprint density at radius 3 is 2.77 bits per heavy atom. The molecule has 0 saturated carbocycles. The molecule has 0 radical (unpaired) electrons. The Balaban J connectivity index is 1.21. The Labute approximate surface area is 252 Å². The number of methoxy groups -OCH3 is 1. The van der Waals surface area contributed by atoms with Gasteiger partial charge in [-0.1, -0.05) is 30.0 Å². The first kappa shape index (κ1) is 28.9. The number of nitrogens with one attached hydrogen (secondary N) is 2. The molecular formula is C31H32FN5O5S. The van der Waals surface area contributed by atoms with Crippen LogP contribution in [-0.4, -0.2) is 65.8 Å². The van der Waals surface area contributed by atoms with E-state index in [1.165, 1.54) is 22.7 Å². The second-order valence-corrected chi connectivity index (χ2v) is 11.8. The minimum atomic E-state index is -0.645. The van der Waals surface area contributed by atoms with Gasteiger partial charge in [0.25, 0.3) is 0 Å². The molecule has 10 nitrogen and oxygen atoms in total. The van der Waals surface area contributed by atoms with Crippen molar-refractivity contribution < 1.29 is 28.2 Å². The van der Waals surface area contributed by atoms with Crippen molar-refractivity contribution in [1.29, 1.82) is 0 Å². The van der Waals surface area contributed by atoms with Crippen LogP contribution in [0.2, 0.25) is 0 Å². The van der Waals surface area contributed by atoms with Crippen LogP contribution in [-0.2, 0) is 14.3 Å². The molecule has 0 spiro atoms. The van der Waals surface area contributed by atoms with Gasteiger partial charge in [0, 0.05) is 43.6 Å². The van der Waals surface area contributed by atoms with Crippen LogP contribution in [0, 0.1) is 12.7 Å². The number of amides is 4. The summed E-state index contributed by atoms with van der Waals surface area (Å²) in [5, 5.41) is 6.07. The number of pyridine rings is 1. The van der Waals surface area contributed by atoms with E-state index in [2.05, 4.69) is 15.6 Å². The number of carbonyl (C=O) groups excluding carboxylic acids is 3. The van der Waals surface area contributed by atoms with Gasteiger partial charge in [-0.05, 0) is 50.1 Å². The molecule has 1 saturated heterocycles. The Hall–Kier alpha value is -4.16. The van der Waals surface area contributed by atoms with Crippen LogP contribution in [0.15, 0.2) is 59.8 Å². The first-order valence-electron chi connectivity index (χ1n) is 14.2. The molecule has 3 atom stereocenters. The van der Waals surface area contributed by atoms with Gasteiger partial charge in [-0.2, -0.15) is 0 Å². The van der Waals surface area contributed by atoms with Crippen molar-refractivity contribution in [1.82, 2.24) is 20.5 Å². The average Bonchev–Trinajstić information content (AvgIpc) is 3.39. The SMILES string of the molecule is COCCC(=O)N1CCCC(NC(=O)[C@@H]2Sc3nccc4c3C2NC(=O)N4c2ccc(Oc3ccccc3)c(F)c2C)C1. The first-order valence-corrected chi connectivity index (χ1v) is 15.1. The number of para-hydroxylation sites is 1. The lowest BCUT2D eigenvalue weighted by Crippen LogP contribution is -2.53. The summed E-state index contributed by atoms with van der Waals surface area (Å²) >= 11 is 1.29. The summed E-state index contributed by atoms with van der Waals surface area (Å²) in [6, 6.07) is 12.5. The molecule has 2 unspecified atom stereocenters. The molecule has 1 aromatic heterocycles. The average molecular weight is 606 g/mol. The molecule has 4 amide bonds. The Kier molecular flexibility index (Phi) is 8.22. The molecule has 12 heteroatoms. The summed E-state index contributed by atoms with van der Waals surface area (Å²) in [5.74, 6) is -0.247. The number of nitrogens with zero attached hydrogens (tertiary/aromatic N) is 3. The van der Waals surface area contributed by atoms with E-state index in [1.54, 1.807) is 61.5 Å². The summed E-state index contributed by atoms with van der Waals surface area (Å²) < 4.78 is 26.3. The highest BCUT2D eigenvalue weighted by molar-refractivity contribution is 8.01. The summed E-state index contributed by atoms with van der Waals surface area (Å²) in [5.41, 5.74) is 1.88. The van der Waals surface area contributed by atoms with Crippen LogP contribution in [0.4, 0.5) is 20.6 Å². The van der Waals surface area contributed by atoms with E-state index in [9.17, 15) is 14.4 Å². The fourth-order valence-electron chi connectivity index (χ4n) is 5.80. The predicted octanol–water partition coefficient (Wildman–Crippen LogP) is 4.84. The fraction of sp³-hybridized carbons (Fsp3) is 0.355. The van der Waals surface area contributed by atoms with E-state index in [4.69, 9.17) is 9.47 Å². The number of aromatic nitrogens is 1. The van der Waals surface area contributed by atoms with Crippen LogP contribution >= 0.6 is 11.8 Å². The van der Waals surface area contributed by atoms with Crippen molar-refractivity contribution in [3.8, 4) is 11.5 Å². The lowest BCUT2D eigenvalue weighted by molar-refractivity contribution is -0.134. The maximum absolute atomic E-state index is 15.5. The number of rotatable bonds is 8. The third-order valence-corrected chi connectivity index (χ3v) is 9.23. The highest BCUT2D eigenvalue weighted by Gasteiger charge is 2.47. The molecule has 4 heterocycles. The zero-order valence-electron chi connectivity index (χ0n) is 23.8. The Morgan fingerprint density at radius 2 is 1.98 bits per heavy atom. The Bertz CT molecular complexity index is 1560. The van der Waals surface area contributed by atoms with E-state index >= 15 is 4.39 Å². The first-order chi connectivity index (χ1) is 20.9. The quantitative estimate of drug-likeness (QED) is 0.378. The minimum Gasteiger partial charge on any atom is -0.454 e. The van der Waals surface area contributed by atoms with Gasteiger partial charge in [-0.25, -0.2) is 14.2 Å². The molecule has 3 aliphatic rings. The number of thioether (sulfide) groups is 1. The summed E-state index contributed by atoms with van der Waals surface area (Å²) in [7, 11) is 1.56. The largest absolute Gasteiger partial charge is 0.454 e. The molecule has 3 aromatic rings. The van der Waals surface area contributed by atoms with Gasteiger partial charge in [-0.3, -0.25) is 14.5 Å². The fourth-order valence-corrected chi connectivity index (χ4v) is 7.04. The second-order valence-electron chi connectivity index (χ2n) is 10.7. The number of halogens is 1. The minimum absolute atomic E-state index is 0.00307. The van der Waals surface area contributed by atoms with Crippen LogP contribution in [0.3, 0.4) is 0 Å². The van der Waals surface area contributed by atoms with Crippen molar-refractivity contribution >= 4 is 41.0 Å². The number of carbonyl (C=O) groups is 3. The van der Waals surface area contributed by atoms with Gasteiger partial charge in [0.15, 0.2) is 11.6 Å². The van der Waals surface area contributed by atoms with E-state index in [-0.39, 0.29) is 29.2 Å². The molecule has 224 valence electrons. The van der Waals surface area contributed by atoms with Crippen molar-refractivity contribution in [3.05, 3.63) is 71.7 Å². The number of anilines is 2. The lowest BCUT2D eigenvalue weighted by Gasteiger charge is -2.36. The Morgan fingerprint density at radius 1 is 1.16 bits per heavy atom. The van der Waals surface area contributed by atoms with Crippen molar-refractivity contribution in [2.75, 3.05) is 31.7 Å². The maximum Gasteiger partial charge on any atom is 0.327 e. The smallest absolute Gasteiger partial charge is 0.327 e. The number of ether oxygens (including phenoxy) is 2. The molecule has 6 rings (SSSR count). The molecule has 2 N–H and O–H groups in total. The summed E-state index contributed by atoms with van der Waals surface area (Å²) in [4.78, 5) is 47.4. The number of benzene rings is 2. The van der Waals surface area contributed by atoms with E-state index in [1.807, 2.05) is 6.07 Å². The number of likely N-dealkylation sites (tertiary alicyclic amines) is 1. The molecule has 1 fully saturated rings. The predicted molar refractivity (Wildman–Crippen MR) is 159 cm³/mol. The van der Waals surface area contributed by atoms with Crippen LogP contribution in [0.1, 0.15) is 36.4 Å². The van der Waals surface area contributed by atoms with E-state index in [0.29, 0.717) is 48.3 Å². The normalized spacial score (nSPS) is 20.8. The third-order valence-electron chi connectivity index (χ3n) is 7.94. The topological polar surface area (TPSA) is 113 Å². The highest BCUT2D eigenvalue weighted by atomic mass is 32.2. The van der Waals surface area contributed by atoms with Crippen LogP contribution in [0.5, 0.6) is 11.5 Å². The molecular weight excluding hydrogens is 573 g/mol. The molecule has 0 aliphatic carbocycles. The van der Waals surface area contributed by atoms with Gasteiger partial charge in [-0.15, -0.1) is 0 Å². The van der Waals surface area contributed by atoms with Crippen molar-refractivity contribution in [2.45, 2.75) is 48.5 Å². The number of hydrogen-bond acceptors (Lipinski definition) is 7. The summed E-state index contributed by atoms with van der Waals surface area (Å²) in [6.45, 7) is 3.04. The second kappa shape index (κ2) is 12.2. The highest BCUT2D eigenvalue weighted by Crippen LogP contribution is 2.51. The van der Waals surface area contributed by atoms with Crippen LogP contribution in [0.25, 0.3) is 0 Å². The van der Waals surface area contributed by atoms with Gasteiger partial charge < -0.3 is 25.0 Å². The van der Waals surface area contributed by atoms with Gasteiger partial charge >= 0.3 is 6.03 Å². The standard InChI is InChI=1S/C31H32FN5O5S/c1-18-21(10-11-23(26(18)32)42-20-8-4-3-5-9-20)37-22-12-14-33-30-25(22)27(35-31(37)40)28(43-30)29(39)34-19-7-6-15-36(17-19)24(38)13-16-41-2/h3-5,8-12,14,19,27-28H,6-7,13,15-17H2,1-2H3,(H,34,39)(H,35,40)/t19?,27?,28-/m1/s1. The maximum atomic E-state index is 15.5. The third kappa shape index (κ3) is 5.64. The number of hydrogen-bond donors (Lipinski definition) is 2. The molecule has 0 bridgehead atoms. The van der Waals surface area contributed by atoms with E-state index < -0.39 is 23.1 Å². The van der Waals surface area contributed by atoms with Gasteiger partial charge in [0.05, 0.1) is 30.4 Å². The van der Waals surface area contributed by atoms with Crippen LogP contribution < -0.4 is 20.3 Å².